The monoisotopic (exact) mass is 456 g/mol. The van der Waals surface area contributed by atoms with Crippen LogP contribution < -0.4 is 10.0 Å². The summed E-state index contributed by atoms with van der Waals surface area (Å²) < 4.78 is 70.3. The maximum Gasteiger partial charge on any atom is 0.416 e. The summed E-state index contributed by atoms with van der Waals surface area (Å²) >= 11 is 0. The van der Waals surface area contributed by atoms with E-state index in [4.69, 9.17) is 4.74 Å². The van der Waals surface area contributed by atoms with Gasteiger partial charge in [0.15, 0.2) is 6.61 Å². The van der Waals surface area contributed by atoms with Gasteiger partial charge < -0.3 is 10.1 Å². The third-order valence-corrected chi connectivity index (χ3v) is 5.96. The number of esters is 1. The van der Waals surface area contributed by atoms with Crippen molar-refractivity contribution in [3.63, 3.8) is 0 Å². The van der Waals surface area contributed by atoms with Crippen LogP contribution in [0.4, 0.5) is 18.9 Å². The van der Waals surface area contributed by atoms with Crippen molar-refractivity contribution in [1.82, 2.24) is 4.72 Å². The number of sulfonamides is 1. The number of amides is 1. The van der Waals surface area contributed by atoms with E-state index in [1.54, 1.807) is 6.92 Å². The zero-order chi connectivity index (χ0) is 22.8. The van der Waals surface area contributed by atoms with Crippen molar-refractivity contribution < 1.29 is 35.9 Å². The van der Waals surface area contributed by atoms with Gasteiger partial charge in [-0.05, 0) is 55.7 Å². The lowest BCUT2D eigenvalue weighted by molar-refractivity contribution is -0.137. The number of nitrogens with one attached hydrogen (secondary N) is 2. The number of carbonyl (C=O) groups is 2. The molecular formula is C20H19F3N2O5S. The van der Waals surface area contributed by atoms with Crippen molar-refractivity contribution in [1.29, 1.82) is 0 Å². The molecule has 0 atom stereocenters. The number of benzene rings is 2. The van der Waals surface area contributed by atoms with Crippen molar-refractivity contribution in [3.8, 4) is 0 Å². The normalized spacial score (nSPS) is 14.2. The first-order valence-corrected chi connectivity index (χ1v) is 10.7. The van der Waals surface area contributed by atoms with E-state index in [1.165, 1.54) is 18.2 Å². The highest BCUT2D eigenvalue weighted by Crippen LogP contribution is 2.30. The van der Waals surface area contributed by atoms with Gasteiger partial charge in [-0.1, -0.05) is 12.1 Å². The van der Waals surface area contributed by atoms with E-state index in [0.29, 0.717) is 5.56 Å². The molecule has 1 aliphatic carbocycles. The molecule has 0 aliphatic heterocycles. The highest BCUT2D eigenvalue weighted by atomic mass is 32.2. The van der Waals surface area contributed by atoms with Gasteiger partial charge in [-0.25, -0.2) is 17.9 Å². The summed E-state index contributed by atoms with van der Waals surface area (Å²) in [5.41, 5.74) is -0.638. The lowest BCUT2D eigenvalue weighted by Gasteiger charge is -2.11. The molecule has 2 aromatic rings. The molecule has 31 heavy (non-hydrogen) atoms. The molecule has 0 unspecified atom stereocenters. The summed E-state index contributed by atoms with van der Waals surface area (Å²) in [6, 6.07) is 7.87. The van der Waals surface area contributed by atoms with E-state index in [0.717, 1.165) is 37.1 Å². The van der Waals surface area contributed by atoms with Crippen LogP contribution in [0.1, 0.15) is 34.3 Å². The molecule has 1 amide bonds. The number of halogens is 3. The third-order valence-electron chi connectivity index (χ3n) is 4.45. The highest BCUT2D eigenvalue weighted by molar-refractivity contribution is 7.89. The number of hydrogen-bond donors (Lipinski definition) is 2. The smallest absolute Gasteiger partial charge is 0.416 e. The average molecular weight is 456 g/mol. The third kappa shape index (κ3) is 6.05. The minimum Gasteiger partial charge on any atom is -0.452 e. The van der Waals surface area contributed by atoms with Gasteiger partial charge in [0.25, 0.3) is 5.91 Å². The first-order chi connectivity index (χ1) is 14.5. The molecule has 0 saturated heterocycles. The van der Waals surface area contributed by atoms with Crippen molar-refractivity contribution >= 4 is 27.6 Å². The maximum absolute atomic E-state index is 12.7. The SMILES string of the molecule is Cc1ccc(S(=O)(=O)NC2CC2)cc1C(=O)OCC(=O)Nc1cccc(C(F)(F)F)c1. The summed E-state index contributed by atoms with van der Waals surface area (Å²) in [5.74, 6) is -1.77. The van der Waals surface area contributed by atoms with Crippen LogP contribution >= 0.6 is 0 Å². The number of carbonyl (C=O) groups excluding carboxylic acids is 2. The second kappa shape index (κ2) is 8.67. The number of alkyl halides is 3. The van der Waals surface area contributed by atoms with Crippen molar-refractivity contribution in [2.24, 2.45) is 0 Å². The van der Waals surface area contributed by atoms with Crippen molar-refractivity contribution in [2.75, 3.05) is 11.9 Å². The maximum atomic E-state index is 12.7. The molecule has 7 nitrogen and oxygen atoms in total. The van der Waals surface area contributed by atoms with Crippen LogP contribution in [0.3, 0.4) is 0 Å². The summed E-state index contributed by atoms with van der Waals surface area (Å²) in [5, 5.41) is 2.22. The van der Waals surface area contributed by atoms with E-state index in [2.05, 4.69) is 10.0 Å². The Morgan fingerprint density at radius 2 is 1.84 bits per heavy atom. The Labute approximate surface area is 176 Å². The van der Waals surface area contributed by atoms with E-state index in [1.807, 2.05) is 0 Å². The Balaban J connectivity index is 1.64. The van der Waals surface area contributed by atoms with Gasteiger partial charge in [-0.15, -0.1) is 0 Å². The minimum absolute atomic E-state index is 0.0365. The minimum atomic E-state index is -4.57. The summed E-state index contributed by atoms with van der Waals surface area (Å²) in [4.78, 5) is 24.2. The van der Waals surface area contributed by atoms with Gasteiger partial charge in [-0.3, -0.25) is 4.79 Å². The first-order valence-electron chi connectivity index (χ1n) is 9.23. The molecule has 0 bridgehead atoms. The Morgan fingerprint density at radius 3 is 2.48 bits per heavy atom. The van der Waals surface area contributed by atoms with Crippen LogP contribution in [0.5, 0.6) is 0 Å². The number of aryl methyl sites for hydroxylation is 1. The molecule has 1 aliphatic rings. The van der Waals surface area contributed by atoms with E-state index >= 15 is 0 Å². The Morgan fingerprint density at radius 1 is 1.13 bits per heavy atom. The lowest BCUT2D eigenvalue weighted by atomic mass is 10.1. The van der Waals surface area contributed by atoms with Gasteiger partial charge >= 0.3 is 12.1 Å². The van der Waals surface area contributed by atoms with Gasteiger partial charge in [0, 0.05) is 11.7 Å². The predicted octanol–water partition coefficient (Wildman–Crippen LogP) is 3.25. The topological polar surface area (TPSA) is 102 Å². The highest BCUT2D eigenvalue weighted by Gasteiger charge is 2.31. The molecule has 0 radical (unpaired) electrons. The van der Waals surface area contributed by atoms with E-state index in [9.17, 15) is 31.2 Å². The van der Waals surface area contributed by atoms with E-state index in [-0.39, 0.29) is 22.2 Å². The molecular weight excluding hydrogens is 437 g/mol. The van der Waals surface area contributed by atoms with Gasteiger partial charge in [0.2, 0.25) is 10.0 Å². The Bertz CT molecular complexity index is 1110. The first kappa shape index (κ1) is 22.8. The predicted molar refractivity (Wildman–Crippen MR) is 105 cm³/mol. The van der Waals surface area contributed by atoms with Crippen LogP contribution in [0.25, 0.3) is 0 Å². The molecule has 1 saturated carbocycles. The molecule has 2 N–H and O–H groups in total. The molecule has 166 valence electrons. The largest absolute Gasteiger partial charge is 0.452 e. The zero-order valence-corrected chi connectivity index (χ0v) is 17.1. The standard InChI is InChI=1S/C20H19F3N2O5S/c1-12-5-8-16(31(28,29)25-14-6-7-14)10-17(12)19(27)30-11-18(26)24-15-4-2-3-13(9-15)20(21,22)23/h2-5,8-10,14,25H,6-7,11H2,1H3,(H,24,26). The average Bonchev–Trinajstić information content (AvgIpc) is 3.49. The van der Waals surface area contributed by atoms with Crippen LogP contribution in [-0.2, 0) is 25.7 Å². The fraction of sp³-hybridized carbons (Fsp3) is 0.300. The lowest BCUT2D eigenvalue weighted by Crippen LogP contribution is -2.26. The zero-order valence-electron chi connectivity index (χ0n) is 16.3. The van der Waals surface area contributed by atoms with Crippen LogP contribution in [-0.4, -0.2) is 32.9 Å². The number of rotatable bonds is 7. The molecule has 0 heterocycles. The molecule has 0 aromatic heterocycles. The summed E-state index contributed by atoms with van der Waals surface area (Å²) in [6.45, 7) is 0.815. The Kier molecular flexibility index (Phi) is 6.37. The number of anilines is 1. The van der Waals surface area contributed by atoms with Crippen LogP contribution in [0, 0.1) is 6.92 Å². The second-order valence-electron chi connectivity index (χ2n) is 7.08. The van der Waals surface area contributed by atoms with E-state index < -0.39 is 40.2 Å². The fourth-order valence-electron chi connectivity index (χ4n) is 2.66. The molecule has 0 spiro atoms. The molecule has 2 aromatic carbocycles. The molecule has 1 fully saturated rings. The summed E-state index contributed by atoms with van der Waals surface area (Å²) in [7, 11) is -3.79. The quantitative estimate of drug-likeness (QED) is 0.623. The number of ether oxygens (including phenoxy) is 1. The molecule has 3 rings (SSSR count). The van der Waals surface area contributed by atoms with Gasteiger partial charge in [0.1, 0.15) is 0 Å². The van der Waals surface area contributed by atoms with Crippen molar-refractivity contribution in [2.45, 2.75) is 36.9 Å². The van der Waals surface area contributed by atoms with Gasteiger partial charge in [0.05, 0.1) is 16.0 Å². The van der Waals surface area contributed by atoms with Gasteiger partial charge in [-0.2, -0.15) is 13.2 Å². The second-order valence-corrected chi connectivity index (χ2v) is 8.79. The van der Waals surface area contributed by atoms with Crippen LogP contribution in [0.15, 0.2) is 47.4 Å². The van der Waals surface area contributed by atoms with Crippen LogP contribution in [0.2, 0.25) is 0 Å². The number of hydrogen-bond acceptors (Lipinski definition) is 5. The van der Waals surface area contributed by atoms with Crippen molar-refractivity contribution in [3.05, 3.63) is 59.2 Å². The molecule has 11 heteroatoms. The summed E-state index contributed by atoms with van der Waals surface area (Å²) in [6.07, 6.45) is -3.06. The Hall–Kier alpha value is -2.92. The fourth-order valence-corrected chi connectivity index (χ4v) is 3.99.